The minimum atomic E-state index is -1.02. The van der Waals surface area contributed by atoms with Gasteiger partial charge in [0.25, 0.3) is 0 Å². The zero-order valence-corrected chi connectivity index (χ0v) is 11.9. The molecule has 0 heterocycles. The first kappa shape index (κ1) is 13.0. The second kappa shape index (κ2) is 5.30. The molecule has 1 rings (SSSR count). The van der Waals surface area contributed by atoms with Gasteiger partial charge in [-0.25, -0.2) is 0 Å². The molecule has 0 aromatic heterocycles. The maximum absolute atomic E-state index is 10.6. The van der Waals surface area contributed by atoms with Gasteiger partial charge in [-0.1, -0.05) is 0 Å². The molecule has 6 heteroatoms. The maximum atomic E-state index is 10.6. The summed E-state index contributed by atoms with van der Waals surface area (Å²) >= 11 is 4.04. The van der Waals surface area contributed by atoms with Crippen LogP contribution in [0.15, 0.2) is 12.1 Å². The molecule has 0 amide bonds. The van der Waals surface area contributed by atoms with E-state index in [2.05, 4.69) is 0 Å². The van der Waals surface area contributed by atoms with Gasteiger partial charge in [0.2, 0.25) is 0 Å². The summed E-state index contributed by atoms with van der Waals surface area (Å²) in [6.07, 6.45) is 0.268. The molecule has 0 bridgehead atoms. The Balaban J connectivity index is 2.95. The Bertz CT molecular complexity index is 395. The van der Waals surface area contributed by atoms with Gasteiger partial charge >= 0.3 is 5.97 Å². The van der Waals surface area contributed by atoms with Gasteiger partial charge in [0, 0.05) is 3.57 Å². The summed E-state index contributed by atoms with van der Waals surface area (Å²) in [4.78, 5) is 10.6. The van der Waals surface area contributed by atoms with E-state index in [1.165, 1.54) is 0 Å². The number of halogens is 2. The first-order chi connectivity index (χ1) is 6.91. The van der Waals surface area contributed by atoms with Crippen LogP contribution >= 0.6 is 45.2 Å². The largest absolute Gasteiger partial charge is 0.507 e. The average molecular weight is 433 g/mol. The number of rotatable bonds is 3. The van der Waals surface area contributed by atoms with Crippen LogP contribution in [0.2, 0.25) is 0 Å². The van der Waals surface area contributed by atoms with E-state index in [-0.39, 0.29) is 12.2 Å². The van der Waals surface area contributed by atoms with Crippen LogP contribution in [0.3, 0.4) is 0 Å². The number of hydrogen-bond acceptors (Lipinski definition) is 3. The number of phenols is 1. The normalized spacial score (nSPS) is 12.5. The van der Waals surface area contributed by atoms with Crippen LogP contribution in [0.5, 0.6) is 5.75 Å². The molecule has 0 aliphatic rings. The van der Waals surface area contributed by atoms with Crippen LogP contribution in [0.1, 0.15) is 5.56 Å². The third-order valence-electron chi connectivity index (χ3n) is 1.87. The monoisotopic (exact) mass is 433 g/mol. The summed E-state index contributed by atoms with van der Waals surface area (Å²) in [5.41, 5.74) is 6.28. The number of hydrogen-bond donors (Lipinski definition) is 3. The molecule has 15 heavy (non-hydrogen) atoms. The van der Waals surface area contributed by atoms with Crippen molar-refractivity contribution in [3.63, 3.8) is 0 Å². The molecule has 1 aromatic carbocycles. The smallest absolute Gasteiger partial charge is 0.320 e. The fourth-order valence-electron chi connectivity index (χ4n) is 1.06. The van der Waals surface area contributed by atoms with E-state index < -0.39 is 12.0 Å². The lowest BCUT2D eigenvalue weighted by Gasteiger charge is -2.09. The van der Waals surface area contributed by atoms with Crippen molar-refractivity contribution in [2.75, 3.05) is 0 Å². The first-order valence-electron chi connectivity index (χ1n) is 4.07. The fourth-order valence-corrected chi connectivity index (χ4v) is 2.26. The topological polar surface area (TPSA) is 83.5 Å². The van der Waals surface area contributed by atoms with Crippen molar-refractivity contribution >= 4 is 51.2 Å². The average Bonchev–Trinajstić information content (AvgIpc) is 2.13. The van der Waals surface area contributed by atoms with Crippen LogP contribution in [0.4, 0.5) is 0 Å². The third kappa shape index (κ3) is 3.45. The van der Waals surface area contributed by atoms with E-state index in [9.17, 15) is 9.90 Å². The summed E-state index contributed by atoms with van der Waals surface area (Å²) in [6, 6.07) is 2.45. The standard InChI is InChI=1S/C9H9I2NO3/c10-5-3-8(13)6(11)1-4(5)2-7(12)9(14)15/h1,3,7,13H,2,12H2,(H,14,15). The number of nitrogens with two attached hydrogens (primary N) is 1. The van der Waals surface area contributed by atoms with Crippen molar-refractivity contribution in [1.29, 1.82) is 0 Å². The van der Waals surface area contributed by atoms with E-state index in [1.807, 2.05) is 45.2 Å². The van der Waals surface area contributed by atoms with E-state index in [0.29, 0.717) is 3.57 Å². The van der Waals surface area contributed by atoms with Gasteiger partial charge in [0.15, 0.2) is 0 Å². The highest BCUT2D eigenvalue weighted by atomic mass is 127. The molecule has 4 N–H and O–H groups in total. The number of carboxylic acids is 1. The fraction of sp³-hybridized carbons (Fsp3) is 0.222. The number of carbonyl (C=O) groups is 1. The number of benzene rings is 1. The van der Waals surface area contributed by atoms with Crippen molar-refractivity contribution in [3.8, 4) is 5.75 Å². The molecule has 4 nitrogen and oxygen atoms in total. The molecule has 0 aliphatic heterocycles. The zero-order valence-electron chi connectivity index (χ0n) is 7.58. The van der Waals surface area contributed by atoms with Gasteiger partial charge in [-0.3, -0.25) is 4.79 Å². The van der Waals surface area contributed by atoms with E-state index >= 15 is 0 Å². The second-order valence-electron chi connectivity index (χ2n) is 3.04. The highest BCUT2D eigenvalue weighted by Gasteiger charge is 2.15. The van der Waals surface area contributed by atoms with Crippen molar-refractivity contribution in [2.24, 2.45) is 5.73 Å². The number of aliphatic carboxylic acids is 1. The summed E-state index contributed by atoms with van der Waals surface area (Å²) < 4.78 is 1.52. The first-order valence-corrected chi connectivity index (χ1v) is 6.23. The van der Waals surface area contributed by atoms with E-state index in [0.717, 1.165) is 9.13 Å². The molecular formula is C9H9I2NO3. The van der Waals surface area contributed by atoms with Gasteiger partial charge in [-0.05, 0) is 69.3 Å². The predicted octanol–water partition coefficient (Wildman–Crippen LogP) is 1.56. The summed E-state index contributed by atoms with van der Waals surface area (Å²) in [6.45, 7) is 0. The van der Waals surface area contributed by atoms with Crippen LogP contribution in [-0.4, -0.2) is 22.2 Å². The molecule has 0 saturated heterocycles. The molecule has 0 radical (unpaired) electrons. The molecule has 82 valence electrons. The third-order valence-corrected chi connectivity index (χ3v) is 3.74. The van der Waals surface area contributed by atoms with E-state index in [1.54, 1.807) is 12.1 Å². The van der Waals surface area contributed by atoms with Crippen LogP contribution in [0, 0.1) is 7.14 Å². The molecule has 0 spiro atoms. The van der Waals surface area contributed by atoms with Crippen LogP contribution in [0.25, 0.3) is 0 Å². The molecule has 0 aliphatic carbocycles. The summed E-state index contributed by atoms with van der Waals surface area (Å²) in [5, 5.41) is 18.1. The molecule has 1 aromatic rings. The van der Waals surface area contributed by atoms with Gasteiger partial charge in [-0.15, -0.1) is 0 Å². The Hall–Kier alpha value is -0.0900. The molecule has 1 unspecified atom stereocenters. The van der Waals surface area contributed by atoms with Crippen LogP contribution in [-0.2, 0) is 11.2 Å². The van der Waals surface area contributed by atoms with Gasteiger partial charge in [-0.2, -0.15) is 0 Å². The number of phenolic OH excluding ortho intramolecular Hbond substituents is 1. The lowest BCUT2D eigenvalue weighted by atomic mass is 10.1. The van der Waals surface area contributed by atoms with E-state index in [4.69, 9.17) is 10.8 Å². The Kier molecular flexibility index (Phi) is 4.59. The highest BCUT2D eigenvalue weighted by Crippen LogP contribution is 2.25. The van der Waals surface area contributed by atoms with Crippen molar-refractivity contribution in [3.05, 3.63) is 24.8 Å². The van der Waals surface area contributed by atoms with Gasteiger partial charge in [0.1, 0.15) is 11.8 Å². The minimum absolute atomic E-state index is 0.202. The Labute approximate surface area is 114 Å². The Morgan fingerprint density at radius 2 is 2.00 bits per heavy atom. The second-order valence-corrected chi connectivity index (χ2v) is 5.37. The number of carboxylic acid groups (broad SMARTS) is 1. The molecular weight excluding hydrogens is 424 g/mol. The predicted molar refractivity (Wildman–Crippen MR) is 72.9 cm³/mol. The van der Waals surface area contributed by atoms with Crippen molar-refractivity contribution in [2.45, 2.75) is 12.5 Å². The number of aromatic hydroxyl groups is 1. The van der Waals surface area contributed by atoms with Gasteiger partial charge in [0.05, 0.1) is 3.57 Å². The summed E-state index contributed by atoms with van der Waals surface area (Å²) in [7, 11) is 0. The zero-order chi connectivity index (χ0) is 11.6. The molecule has 1 atom stereocenters. The molecule has 0 fully saturated rings. The SMILES string of the molecule is NC(Cc1cc(I)c(O)cc1I)C(=O)O. The van der Waals surface area contributed by atoms with Crippen molar-refractivity contribution < 1.29 is 15.0 Å². The lowest BCUT2D eigenvalue weighted by Crippen LogP contribution is -2.32. The lowest BCUT2D eigenvalue weighted by molar-refractivity contribution is -0.138. The van der Waals surface area contributed by atoms with Crippen molar-refractivity contribution in [1.82, 2.24) is 0 Å². The highest BCUT2D eigenvalue weighted by molar-refractivity contribution is 14.1. The maximum Gasteiger partial charge on any atom is 0.320 e. The summed E-state index contributed by atoms with van der Waals surface area (Å²) in [5.74, 6) is -0.818. The minimum Gasteiger partial charge on any atom is -0.507 e. The Morgan fingerprint density at radius 1 is 1.40 bits per heavy atom. The van der Waals surface area contributed by atoms with Crippen LogP contribution < -0.4 is 5.73 Å². The quantitative estimate of drug-likeness (QED) is 0.633. The van der Waals surface area contributed by atoms with Gasteiger partial charge < -0.3 is 15.9 Å². The molecule has 0 saturated carbocycles. The Morgan fingerprint density at radius 3 is 2.53 bits per heavy atom.